The van der Waals surface area contributed by atoms with Gasteiger partial charge in [-0.25, -0.2) is 4.79 Å². The van der Waals surface area contributed by atoms with E-state index in [9.17, 15) is 4.79 Å². The molecular weight excluding hydrogens is 208 g/mol. The third-order valence-electron chi connectivity index (χ3n) is 2.83. The topological polar surface area (TPSA) is 44.8 Å². The van der Waals surface area contributed by atoms with Gasteiger partial charge >= 0.3 is 5.97 Å². The van der Waals surface area contributed by atoms with Crippen LogP contribution in [-0.2, 0) is 19.0 Å². The first-order chi connectivity index (χ1) is 7.32. The standard InChI is InChI=1S/C12H22O4/c1-6-7-8-14-10(13)12(5)9(2)15-11(3,4)16-12/h9H,6-8H2,1-5H3/t9-,12-/m1/s1. The van der Waals surface area contributed by atoms with Gasteiger partial charge in [0, 0.05) is 0 Å². The summed E-state index contributed by atoms with van der Waals surface area (Å²) in [6.45, 7) is 9.65. The van der Waals surface area contributed by atoms with E-state index in [4.69, 9.17) is 14.2 Å². The SMILES string of the molecule is CCCCOC(=O)[C@]1(C)OC(C)(C)O[C@@H]1C. The molecule has 0 aromatic heterocycles. The fourth-order valence-electron chi connectivity index (χ4n) is 1.82. The van der Waals surface area contributed by atoms with Crippen LogP contribution in [0.1, 0.15) is 47.5 Å². The van der Waals surface area contributed by atoms with Crippen molar-refractivity contribution >= 4 is 5.97 Å². The van der Waals surface area contributed by atoms with Crippen molar-refractivity contribution < 1.29 is 19.0 Å². The van der Waals surface area contributed by atoms with Crippen molar-refractivity contribution in [1.82, 2.24) is 0 Å². The molecule has 1 rings (SSSR count). The number of rotatable bonds is 4. The minimum atomic E-state index is -0.989. The summed E-state index contributed by atoms with van der Waals surface area (Å²) in [5.74, 6) is -1.06. The van der Waals surface area contributed by atoms with E-state index < -0.39 is 11.4 Å². The van der Waals surface area contributed by atoms with Gasteiger partial charge < -0.3 is 14.2 Å². The summed E-state index contributed by atoms with van der Waals surface area (Å²) in [6, 6.07) is 0. The third-order valence-corrected chi connectivity index (χ3v) is 2.83. The first-order valence-corrected chi connectivity index (χ1v) is 5.87. The zero-order valence-corrected chi connectivity index (χ0v) is 10.8. The second-order valence-corrected chi connectivity index (χ2v) is 4.86. The van der Waals surface area contributed by atoms with Gasteiger partial charge in [-0.1, -0.05) is 13.3 Å². The zero-order valence-electron chi connectivity index (χ0n) is 10.8. The molecule has 0 saturated carbocycles. The lowest BCUT2D eigenvalue weighted by Gasteiger charge is -2.24. The minimum absolute atomic E-state index is 0.295. The molecule has 16 heavy (non-hydrogen) atoms. The Labute approximate surface area is 97.2 Å². The number of carbonyl (C=O) groups is 1. The summed E-state index contributed by atoms with van der Waals surface area (Å²) in [4.78, 5) is 11.9. The molecule has 0 N–H and O–H groups in total. The normalized spacial score (nSPS) is 32.7. The van der Waals surface area contributed by atoms with E-state index in [1.54, 1.807) is 20.8 Å². The summed E-state index contributed by atoms with van der Waals surface area (Å²) in [6.07, 6.45) is 1.58. The van der Waals surface area contributed by atoms with Crippen LogP contribution in [0.4, 0.5) is 0 Å². The van der Waals surface area contributed by atoms with E-state index in [2.05, 4.69) is 6.92 Å². The molecule has 4 heteroatoms. The van der Waals surface area contributed by atoms with Crippen LogP contribution in [0.25, 0.3) is 0 Å². The number of ether oxygens (including phenoxy) is 3. The molecular formula is C12H22O4. The van der Waals surface area contributed by atoms with Crippen molar-refractivity contribution in [2.45, 2.75) is 65.0 Å². The smallest absolute Gasteiger partial charge is 0.340 e. The van der Waals surface area contributed by atoms with Crippen LogP contribution in [0, 0.1) is 0 Å². The second kappa shape index (κ2) is 4.72. The van der Waals surface area contributed by atoms with E-state index in [0.29, 0.717) is 6.61 Å². The van der Waals surface area contributed by atoms with Crippen LogP contribution in [0.5, 0.6) is 0 Å². The highest BCUT2D eigenvalue weighted by molar-refractivity contribution is 5.80. The molecule has 94 valence electrons. The Kier molecular flexibility index (Phi) is 3.97. The second-order valence-electron chi connectivity index (χ2n) is 4.86. The van der Waals surface area contributed by atoms with Crippen molar-refractivity contribution in [3.63, 3.8) is 0 Å². The molecule has 1 saturated heterocycles. The summed E-state index contributed by atoms with van der Waals surface area (Å²) in [5, 5.41) is 0. The summed E-state index contributed by atoms with van der Waals surface area (Å²) >= 11 is 0. The van der Waals surface area contributed by atoms with Crippen LogP contribution >= 0.6 is 0 Å². The van der Waals surface area contributed by atoms with Crippen molar-refractivity contribution in [1.29, 1.82) is 0 Å². The highest BCUT2D eigenvalue weighted by atomic mass is 16.8. The first kappa shape index (κ1) is 13.5. The number of esters is 1. The molecule has 0 aromatic carbocycles. The van der Waals surface area contributed by atoms with Gasteiger partial charge in [-0.15, -0.1) is 0 Å². The van der Waals surface area contributed by atoms with Crippen molar-refractivity contribution in [3.8, 4) is 0 Å². The summed E-state index contributed by atoms with van der Waals surface area (Å²) in [7, 11) is 0. The minimum Gasteiger partial charge on any atom is -0.463 e. The van der Waals surface area contributed by atoms with Crippen LogP contribution in [0.15, 0.2) is 0 Å². The maximum atomic E-state index is 11.9. The molecule has 1 aliphatic heterocycles. The Balaban J connectivity index is 2.60. The number of carbonyl (C=O) groups excluding carboxylic acids is 1. The molecule has 1 heterocycles. The molecule has 0 aliphatic carbocycles. The number of hydrogen-bond donors (Lipinski definition) is 0. The molecule has 0 aromatic rings. The van der Waals surface area contributed by atoms with Crippen molar-refractivity contribution in [2.24, 2.45) is 0 Å². The largest absolute Gasteiger partial charge is 0.463 e. The fraction of sp³-hybridized carbons (Fsp3) is 0.917. The monoisotopic (exact) mass is 230 g/mol. The highest BCUT2D eigenvalue weighted by Gasteiger charge is 2.54. The Morgan fingerprint density at radius 3 is 2.44 bits per heavy atom. The first-order valence-electron chi connectivity index (χ1n) is 5.87. The lowest BCUT2D eigenvalue weighted by atomic mass is 10.0. The van der Waals surface area contributed by atoms with Gasteiger partial charge in [-0.05, 0) is 34.1 Å². The summed E-state index contributed by atoms with van der Waals surface area (Å²) < 4.78 is 16.4. The highest BCUT2D eigenvalue weighted by Crippen LogP contribution is 2.36. The zero-order chi connectivity index (χ0) is 12.4. The maximum Gasteiger partial charge on any atom is 0.340 e. The Morgan fingerprint density at radius 2 is 2.00 bits per heavy atom. The van der Waals surface area contributed by atoms with Gasteiger partial charge in [0.15, 0.2) is 11.4 Å². The van der Waals surface area contributed by atoms with E-state index >= 15 is 0 Å². The van der Waals surface area contributed by atoms with E-state index in [1.165, 1.54) is 0 Å². The lowest BCUT2D eigenvalue weighted by Crippen LogP contribution is -2.45. The van der Waals surface area contributed by atoms with Gasteiger partial charge in [0.2, 0.25) is 0 Å². The lowest BCUT2D eigenvalue weighted by molar-refractivity contribution is -0.186. The fourth-order valence-corrected chi connectivity index (χ4v) is 1.82. The predicted molar refractivity (Wildman–Crippen MR) is 60.0 cm³/mol. The predicted octanol–water partition coefficient (Wildman–Crippen LogP) is 2.26. The number of unbranched alkanes of at least 4 members (excludes halogenated alkanes) is 1. The Bertz CT molecular complexity index is 262. The molecule has 1 fully saturated rings. The maximum absolute atomic E-state index is 11.9. The molecule has 1 aliphatic rings. The van der Waals surface area contributed by atoms with E-state index in [-0.39, 0.29) is 12.1 Å². The van der Waals surface area contributed by atoms with E-state index in [1.807, 2.05) is 6.92 Å². The van der Waals surface area contributed by atoms with Crippen LogP contribution in [0.2, 0.25) is 0 Å². The van der Waals surface area contributed by atoms with Gasteiger partial charge in [-0.3, -0.25) is 0 Å². The van der Waals surface area contributed by atoms with Crippen molar-refractivity contribution in [3.05, 3.63) is 0 Å². The average Bonchev–Trinajstić information content (AvgIpc) is 2.36. The average molecular weight is 230 g/mol. The molecule has 0 unspecified atom stereocenters. The molecule has 0 radical (unpaired) electrons. The summed E-state index contributed by atoms with van der Waals surface area (Å²) in [5.41, 5.74) is -0.989. The van der Waals surface area contributed by atoms with Gasteiger partial charge in [0.05, 0.1) is 12.7 Å². The van der Waals surface area contributed by atoms with Crippen LogP contribution in [-0.4, -0.2) is 30.1 Å². The van der Waals surface area contributed by atoms with Crippen LogP contribution in [0.3, 0.4) is 0 Å². The third kappa shape index (κ3) is 2.74. The molecule has 0 spiro atoms. The van der Waals surface area contributed by atoms with Gasteiger partial charge in [0.25, 0.3) is 0 Å². The quantitative estimate of drug-likeness (QED) is 0.549. The Hall–Kier alpha value is -0.610. The Morgan fingerprint density at radius 1 is 1.38 bits per heavy atom. The van der Waals surface area contributed by atoms with E-state index in [0.717, 1.165) is 12.8 Å². The van der Waals surface area contributed by atoms with Gasteiger partial charge in [0.1, 0.15) is 0 Å². The number of hydrogen-bond acceptors (Lipinski definition) is 4. The van der Waals surface area contributed by atoms with Crippen molar-refractivity contribution in [2.75, 3.05) is 6.61 Å². The van der Waals surface area contributed by atoms with Crippen LogP contribution < -0.4 is 0 Å². The molecule has 4 nitrogen and oxygen atoms in total. The van der Waals surface area contributed by atoms with Gasteiger partial charge in [-0.2, -0.15) is 0 Å². The molecule has 0 bridgehead atoms. The molecule has 0 amide bonds. The molecule has 2 atom stereocenters.